The summed E-state index contributed by atoms with van der Waals surface area (Å²) < 4.78 is 5.45. The molecular weight excluding hydrogens is 478 g/mol. The van der Waals surface area contributed by atoms with E-state index < -0.39 is 18.7 Å². The van der Waals surface area contributed by atoms with Gasteiger partial charge >= 0.3 is 6.03 Å². The Morgan fingerprint density at radius 1 is 1.22 bits per heavy atom. The minimum Gasteiger partial charge on any atom is -0.491 e. The topological polar surface area (TPSA) is 153 Å². The van der Waals surface area contributed by atoms with E-state index in [1.54, 1.807) is 35.5 Å². The number of aromatic nitrogens is 3. The van der Waals surface area contributed by atoms with Crippen molar-refractivity contribution in [3.05, 3.63) is 66.2 Å². The van der Waals surface area contributed by atoms with E-state index in [0.29, 0.717) is 24.7 Å². The van der Waals surface area contributed by atoms with Crippen molar-refractivity contribution in [2.45, 2.75) is 25.1 Å². The van der Waals surface area contributed by atoms with Crippen LogP contribution in [0.4, 0.5) is 22.1 Å². The minimum atomic E-state index is -1.01. The molecule has 12 heteroatoms. The molecule has 0 spiro atoms. The third-order valence-corrected chi connectivity index (χ3v) is 6.20. The zero-order chi connectivity index (χ0) is 25.8. The number of aliphatic hydroxyl groups is 2. The Balaban J connectivity index is 1.33. The zero-order valence-corrected chi connectivity index (χ0v) is 19.9. The molecule has 0 saturated carbocycles. The Morgan fingerprint density at radius 2 is 2.11 bits per heavy atom. The molecule has 4 N–H and O–H groups in total. The van der Waals surface area contributed by atoms with Gasteiger partial charge in [0, 0.05) is 44.3 Å². The fourth-order valence-corrected chi connectivity index (χ4v) is 4.36. The number of pyridine rings is 3. The predicted octanol–water partition coefficient (Wildman–Crippen LogP) is 1.16. The van der Waals surface area contributed by atoms with Gasteiger partial charge in [-0.25, -0.2) is 14.8 Å². The van der Waals surface area contributed by atoms with E-state index in [0.717, 1.165) is 24.2 Å². The number of hydrogen-bond acceptors (Lipinski definition) is 9. The van der Waals surface area contributed by atoms with Crippen LogP contribution in [0.15, 0.2) is 55.0 Å². The second kappa shape index (κ2) is 10.8. The van der Waals surface area contributed by atoms with E-state index in [-0.39, 0.29) is 30.1 Å². The van der Waals surface area contributed by atoms with Crippen LogP contribution in [0, 0.1) is 0 Å². The molecule has 3 aromatic rings. The zero-order valence-electron chi connectivity index (χ0n) is 19.9. The lowest BCUT2D eigenvalue weighted by atomic mass is 10.1. The second-order valence-corrected chi connectivity index (χ2v) is 8.80. The lowest BCUT2D eigenvalue weighted by molar-refractivity contribution is 0.0536. The van der Waals surface area contributed by atoms with E-state index in [4.69, 9.17) is 9.84 Å². The molecule has 2 bridgehead atoms. The summed E-state index contributed by atoms with van der Waals surface area (Å²) in [6.07, 6.45) is 4.58. The number of nitrogens with one attached hydrogen (secondary N) is 2. The molecule has 0 radical (unpaired) electrons. The van der Waals surface area contributed by atoms with Crippen molar-refractivity contribution >= 4 is 29.3 Å². The molecule has 1 fully saturated rings. The van der Waals surface area contributed by atoms with Gasteiger partial charge in [0.05, 0.1) is 18.3 Å². The van der Waals surface area contributed by atoms with Crippen molar-refractivity contribution in [2.24, 2.45) is 0 Å². The molecule has 192 valence electrons. The van der Waals surface area contributed by atoms with Crippen molar-refractivity contribution in [3.8, 4) is 5.75 Å². The Morgan fingerprint density at radius 3 is 2.92 bits per heavy atom. The van der Waals surface area contributed by atoms with Crippen molar-refractivity contribution < 1.29 is 24.5 Å². The first-order valence-electron chi connectivity index (χ1n) is 11.9. The van der Waals surface area contributed by atoms with Crippen LogP contribution in [-0.4, -0.2) is 75.6 Å². The molecule has 1 unspecified atom stereocenters. The van der Waals surface area contributed by atoms with E-state index in [1.165, 1.54) is 12.3 Å². The predicted molar refractivity (Wildman–Crippen MR) is 135 cm³/mol. The summed E-state index contributed by atoms with van der Waals surface area (Å²) in [6.45, 7) is 1.25. The summed E-state index contributed by atoms with van der Waals surface area (Å²) in [7, 11) is 0. The lowest BCUT2D eigenvalue weighted by Crippen LogP contribution is -2.48. The molecule has 0 aliphatic carbocycles. The van der Waals surface area contributed by atoms with Crippen molar-refractivity contribution in [1.29, 1.82) is 0 Å². The van der Waals surface area contributed by atoms with Crippen LogP contribution >= 0.6 is 0 Å². The summed E-state index contributed by atoms with van der Waals surface area (Å²) in [5.74, 6) is 0.707. The van der Waals surface area contributed by atoms with Crippen LogP contribution < -0.4 is 25.2 Å². The lowest BCUT2D eigenvalue weighted by Gasteiger charge is -2.35. The van der Waals surface area contributed by atoms with Gasteiger partial charge in [-0.3, -0.25) is 20.0 Å². The standard InChI is InChI=1S/C25H27N7O5/c33-14-18(34)15-37-19-5-8-27-22(10-19)30-25(36)32-17-6-9-31(13-17)21-4-3-20(29-23(21)32)24(35)28-12-16-2-1-7-26-11-16/h1-5,7-8,10-11,17-18,33-34H,6,9,12-15H2,(H,28,35)(H,27,30,36)/t17?,18-/m1/s1. The summed E-state index contributed by atoms with van der Waals surface area (Å²) >= 11 is 0. The molecule has 2 atom stereocenters. The normalized spacial score (nSPS) is 16.6. The van der Waals surface area contributed by atoms with E-state index in [9.17, 15) is 14.7 Å². The first-order chi connectivity index (χ1) is 18.0. The number of amides is 3. The Labute approximate surface area is 212 Å². The average Bonchev–Trinajstić information content (AvgIpc) is 3.35. The monoisotopic (exact) mass is 505 g/mol. The Kier molecular flexibility index (Phi) is 7.10. The number of urea groups is 1. The SMILES string of the molecule is O=C(NCc1cccnc1)c1ccc2c(n1)N(C(=O)Nc1cc(OC[C@H](O)CO)ccn1)C1CCN2C1. The van der Waals surface area contributed by atoms with Gasteiger partial charge in [-0.15, -0.1) is 0 Å². The summed E-state index contributed by atoms with van der Waals surface area (Å²) in [4.78, 5) is 42.8. The number of ether oxygens (including phenoxy) is 1. The van der Waals surface area contributed by atoms with Gasteiger partial charge in [0.2, 0.25) is 0 Å². The van der Waals surface area contributed by atoms with Crippen LogP contribution in [0.3, 0.4) is 0 Å². The molecule has 0 aromatic carbocycles. The van der Waals surface area contributed by atoms with Crippen LogP contribution in [0.25, 0.3) is 0 Å². The van der Waals surface area contributed by atoms with E-state index >= 15 is 0 Å². The summed E-state index contributed by atoms with van der Waals surface area (Å²) in [6, 6.07) is 9.74. The fraction of sp³-hybridized carbons (Fsp3) is 0.320. The van der Waals surface area contributed by atoms with Gasteiger partial charge in [-0.2, -0.15) is 0 Å². The van der Waals surface area contributed by atoms with Gasteiger partial charge in [0.1, 0.15) is 30.0 Å². The van der Waals surface area contributed by atoms with Crippen LogP contribution in [0.1, 0.15) is 22.5 Å². The molecule has 3 aromatic heterocycles. The highest BCUT2D eigenvalue weighted by Gasteiger charge is 2.40. The maximum absolute atomic E-state index is 13.4. The number of fused-ring (bicyclic) bond motifs is 4. The fourth-order valence-electron chi connectivity index (χ4n) is 4.36. The maximum Gasteiger partial charge on any atom is 0.329 e. The third-order valence-electron chi connectivity index (χ3n) is 6.20. The molecule has 2 aliphatic rings. The van der Waals surface area contributed by atoms with Gasteiger partial charge in [-0.1, -0.05) is 6.07 Å². The highest BCUT2D eigenvalue weighted by Crippen LogP contribution is 2.39. The van der Waals surface area contributed by atoms with Crippen molar-refractivity contribution in [3.63, 3.8) is 0 Å². The molecule has 5 rings (SSSR count). The molecule has 12 nitrogen and oxygen atoms in total. The minimum absolute atomic E-state index is 0.0964. The van der Waals surface area contributed by atoms with Crippen LogP contribution in [0.2, 0.25) is 0 Å². The van der Waals surface area contributed by atoms with E-state index in [1.807, 2.05) is 12.1 Å². The highest BCUT2D eigenvalue weighted by atomic mass is 16.5. The maximum atomic E-state index is 13.4. The molecule has 3 amide bonds. The van der Waals surface area contributed by atoms with Crippen LogP contribution in [-0.2, 0) is 6.54 Å². The molecular formula is C25H27N7O5. The third kappa shape index (κ3) is 5.44. The highest BCUT2D eigenvalue weighted by molar-refractivity contribution is 6.05. The summed E-state index contributed by atoms with van der Waals surface area (Å²) in [5.41, 5.74) is 1.86. The number of nitrogens with zero attached hydrogens (tertiary/aromatic N) is 5. The molecule has 5 heterocycles. The molecule has 2 aliphatic heterocycles. The smallest absolute Gasteiger partial charge is 0.329 e. The largest absolute Gasteiger partial charge is 0.491 e. The number of aliphatic hydroxyl groups excluding tert-OH is 2. The average molecular weight is 506 g/mol. The van der Waals surface area contributed by atoms with Crippen LogP contribution in [0.5, 0.6) is 5.75 Å². The van der Waals surface area contributed by atoms with E-state index in [2.05, 4.69) is 30.5 Å². The van der Waals surface area contributed by atoms with Gasteiger partial charge < -0.3 is 25.2 Å². The van der Waals surface area contributed by atoms with Crippen molar-refractivity contribution in [2.75, 3.05) is 41.4 Å². The Hall–Kier alpha value is -4.29. The number of anilines is 3. The number of carbonyl (C=O) groups is 2. The van der Waals surface area contributed by atoms with Gasteiger partial charge in [0.15, 0.2) is 5.82 Å². The van der Waals surface area contributed by atoms with Gasteiger partial charge in [-0.05, 0) is 36.2 Å². The number of carbonyl (C=O) groups excluding carboxylic acids is 2. The first kappa shape index (κ1) is 24.4. The summed E-state index contributed by atoms with van der Waals surface area (Å²) in [5, 5.41) is 24.1. The first-order valence-corrected chi connectivity index (χ1v) is 11.9. The number of rotatable bonds is 8. The molecule has 1 saturated heterocycles. The number of hydrogen-bond donors (Lipinski definition) is 4. The van der Waals surface area contributed by atoms with Crippen molar-refractivity contribution in [1.82, 2.24) is 20.3 Å². The second-order valence-electron chi connectivity index (χ2n) is 8.80. The molecule has 37 heavy (non-hydrogen) atoms. The van der Waals surface area contributed by atoms with Gasteiger partial charge in [0.25, 0.3) is 5.91 Å². The quantitative estimate of drug-likeness (QED) is 0.353. The Bertz CT molecular complexity index is 1280.